The summed E-state index contributed by atoms with van der Waals surface area (Å²) in [5, 5.41) is 7.15. The Morgan fingerprint density at radius 2 is 2.18 bits per heavy atom. The highest BCUT2D eigenvalue weighted by molar-refractivity contribution is 5.66. The average Bonchev–Trinajstić information content (AvgIpc) is 2.55. The van der Waals surface area contributed by atoms with Crippen molar-refractivity contribution in [2.24, 2.45) is 0 Å². The third-order valence-corrected chi connectivity index (χ3v) is 4.03. The fourth-order valence-electron chi connectivity index (χ4n) is 2.62. The average molecular weight is 294 g/mol. The Bertz CT molecular complexity index is 621. The summed E-state index contributed by atoms with van der Waals surface area (Å²) in [6.45, 7) is 11.1. The number of nitrogens with one attached hydrogen (secondary N) is 2. The van der Waals surface area contributed by atoms with Gasteiger partial charge in [-0.1, -0.05) is 56.0 Å². The van der Waals surface area contributed by atoms with E-state index < -0.39 is 0 Å². The zero-order valence-corrected chi connectivity index (χ0v) is 13.8. The second-order valence-corrected chi connectivity index (χ2v) is 5.54. The largest absolute Gasteiger partial charge is 0.366 e. The molecule has 0 saturated carbocycles. The maximum absolute atomic E-state index is 3.84. The van der Waals surface area contributed by atoms with Crippen molar-refractivity contribution in [3.05, 3.63) is 71.4 Å². The third kappa shape index (κ3) is 3.77. The maximum atomic E-state index is 3.84. The van der Waals surface area contributed by atoms with E-state index in [0.717, 1.165) is 13.0 Å². The number of hydrogen-bond acceptors (Lipinski definition) is 2. The molecule has 22 heavy (non-hydrogen) atoms. The van der Waals surface area contributed by atoms with Crippen LogP contribution in [0, 0.1) is 0 Å². The smallest absolute Gasteiger partial charge is 0.0993 e. The first-order chi connectivity index (χ1) is 10.7. The first-order valence-electron chi connectivity index (χ1n) is 7.93. The summed E-state index contributed by atoms with van der Waals surface area (Å²) in [5.74, 6) is 0. The molecule has 2 heteroatoms. The Morgan fingerprint density at radius 1 is 1.36 bits per heavy atom. The summed E-state index contributed by atoms with van der Waals surface area (Å²) >= 11 is 0. The second kappa shape index (κ2) is 7.81. The van der Waals surface area contributed by atoms with Crippen LogP contribution in [0.15, 0.2) is 60.2 Å². The van der Waals surface area contributed by atoms with E-state index in [9.17, 15) is 0 Å². The molecular formula is C20H26N2. The molecule has 1 atom stereocenters. The quantitative estimate of drug-likeness (QED) is 0.744. The molecule has 1 unspecified atom stereocenters. The van der Waals surface area contributed by atoms with Crippen molar-refractivity contribution in [1.29, 1.82) is 0 Å². The first-order valence-corrected chi connectivity index (χ1v) is 7.93. The molecule has 116 valence electrons. The third-order valence-electron chi connectivity index (χ3n) is 4.03. The molecule has 1 aromatic carbocycles. The van der Waals surface area contributed by atoms with Crippen LogP contribution in [0.1, 0.15) is 38.3 Å². The molecule has 2 N–H and O–H groups in total. The van der Waals surface area contributed by atoms with Gasteiger partial charge in [-0.15, -0.1) is 0 Å². The fraction of sp³-hybridized carbons (Fsp3) is 0.300. The van der Waals surface area contributed by atoms with Gasteiger partial charge in [-0.25, -0.2) is 0 Å². The zero-order valence-electron chi connectivity index (χ0n) is 13.8. The highest BCUT2D eigenvalue weighted by Crippen LogP contribution is 2.26. The molecule has 1 aliphatic heterocycles. The van der Waals surface area contributed by atoms with Gasteiger partial charge in [0.05, 0.1) is 6.17 Å². The molecular weight excluding hydrogens is 268 g/mol. The normalized spacial score (nSPS) is 19.0. The number of fused-ring (bicyclic) bond motifs is 1. The monoisotopic (exact) mass is 294 g/mol. The van der Waals surface area contributed by atoms with Crippen molar-refractivity contribution in [2.75, 3.05) is 5.32 Å². The summed E-state index contributed by atoms with van der Waals surface area (Å²) in [4.78, 5) is 0. The van der Waals surface area contributed by atoms with Crippen LogP contribution in [0.25, 0.3) is 6.08 Å². The molecule has 0 spiro atoms. The van der Waals surface area contributed by atoms with E-state index in [1.807, 2.05) is 6.08 Å². The lowest BCUT2D eigenvalue weighted by atomic mass is 10.0. The number of anilines is 1. The second-order valence-electron chi connectivity index (χ2n) is 5.54. The minimum atomic E-state index is 0.174. The Kier molecular flexibility index (Phi) is 5.79. The molecule has 1 heterocycles. The van der Waals surface area contributed by atoms with Crippen LogP contribution >= 0.6 is 0 Å². The molecule has 2 nitrogen and oxygen atoms in total. The van der Waals surface area contributed by atoms with Gasteiger partial charge >= 0.3 is 0 Å². The van der Waals surface area contributed by atoms with Crippen LogP contribution < -0.4 is 10.6 Å². The Morgan fingerprint density at radius 3 is 2.86 bits per heavy atom. The standard InChI is InChI=1S/C20H26N2/c1-5-9-17-10-8-11-19-18(17)14-21-20(22-19)15(4)12-13-16(6-2)7-3/h5-6,8-13,20-22H,2,7,14H2,1,3-4H3/b9-5-,15-12+,16-13+. The molecule has 0 radical (unpaired) electrons. The van der Waals surface area contributed by atoms with Crippen molar-refractivity contribution in [3.63, 3.8) is 0 Å². The predicted molar refractivity (Wildman–Crippen MR) is 97.7 cm³/mol. The van der Waals surface area contributed by atoms with Gasteiger partial charge in [0.15, 0.2) is 0 Å². The van der Waals surface area contributed by atoms with E-state index >= 15 is 0 Å². The van der Waals surface area contributed by atoms with E-state index in [0.29, 0.717) is 0 Å². The van der Waals surface area contributed by atoms with Crippen LogP contribution in [0.5, 0.6) is 0 Å². The van der Waals surface area contributed by atoms with Gasteiger partial charge in [0.25, 0.3) is 0 Å². The van der Waals surface area contributed by atoms with Crippen LogP contribution in [0.3, 0.4) is 0 Å². The van der Waals surface area contributed by atoms with E-state index in [2.05, 4.69) is 80.5 Å². The molecule has 0 amide bonds. The van der Waals surface area contributed by atoms with Crippen molar-refractivity contribution in [3.8, 4) is 0 Å². The summed E-state index contributed by atoms with van der Waals surface area (Å²) < 4.78 is 0. The topological polar surface area (TPSA) is 24.1 Å². The van der Waals surface area contributed by atoms with Crippen molar-refractivity contribution in [2.45, 2.75) is 39.9 Å². The molecule has 0 aromatic heterocycles. The zero-order chi connectivity index (χ0) is 15.9. The van der Waals surface area contributed by atoms with Gasteiger partial charge in [0.1, 0.15) is 0 Å². The van der Waals surface area contributed by atoms with E-state index in [1.54, 1.807) is 0 Å². The molecule has 1 aromatic rings. The summed E-state index contributed by atoms with van der Waals surface area (Å²) in [5.41, 5.74) is 6.36. The van der Waals surface area contributed by atoms with Gasteiger partial charge in [-0.05, 0) is 48.6 Å². The van der Waals surface area contributed by atoms with Crippen LogP contribution in [-0.4, -0.2) is 6.17 Å². The van der Waals surface area contributed by atoms with Gasteiger partial charge < -0.3 is 5.32 Å². The molecule has 0 bridgehead atoms. The lowest BCUT2D eigenvalue weighted by Gasteiger charge is -2.30. The van der Waals surface area contributed by atoms with Gasteiger partial charge in [0.2, 0.25) is 0 Å². The maximum Gasteiger partial charge on any atom is 0.0993 e. The summed E-state index contributed by atoms with van der Waals surface area (Å²) in [6.07, 6.45) is 11.7. The molecule has 0 aliphatic carbocycles. The molecule has 2 rings (SSSR count). The highest BCUT2D eigenvalue weighted by Gasteiger charge is 2.19. The highest BCUT2D eigenvalue weighted by atomic mass is 15.1. The number of rotatable bonds is 5. The molecule has 0 fully saturated rings. The Balaban J connectivity index is 2.19. The lowest BCUT2D eigenvalue weighted by Crippen LogP contribution is -2.41. The minimum Gasteiger partial charge on any atom is -0.366 e. The summed E-state index contributed by atoms with van der Waals surface area (Å²) in [6, 6.07) is 6.42. The fourth-order valence-corrected chi connectivity index (χ4v) is 2.62. The van der Waals surface area contributed by atoms with Crippen LogP contribution in [0.4, 0.5) is 5.69 Å². The number of hydrogen-bond donors (Lipinski definition) is 2. The molecule has 0 saturated heterocycles. The van der Waals surface area contributed by atoms with E-state index in [4.69, 9.17) is 0 Å². The van der Waals surface area contributed by atoms with Crippen molar-refractivity contribution < 1.29 is 0 Å². The Labute approximate surface area is 134 Å². The Hall–Kier alpha value is -2.06. The lowest BCUT2D eigenvalue weighted by molar-refractivity contribution is 0.597. The van der Waals surface area contributed by atoms with E-state index in [-0.39, 0.29) is 6.17 Å². The molecule has 1 aliphatic rings. The first kappa shape index (κ1) is 16.3. The van der Waals surface area contributed by atoms with Crippen LogP contribution in [-0.2, 0) is 6.54 Å². The van der Waals surface area contributed by atoms with Crippen molar-refractivity contribution >= 4 is 11.8 Å². The minimum absolute atomic E-state index is 0.174. The van der Waals surface area contributed by atoms with Gasteiger partial charge in [-0.3, -0.25) is 5.32 Å². The van der Waals surface area contributed by atoms with Crippen molar-refractivity contribution in [1.82, 2.24) is 5.32 Å². The van der Waals surface area contributed by atoms with Crippen LogP contribution in [0.2, 0.25) is 0 Å². The van der Waals surface area contributed by atoms with E-state index in [1.165, 1.54) is 28.0 Å². The predicted octanol–water partition coefficient (Wildman–Crippen LogP) is 5.03. The van der Waals surface area contributed by atoms with Gasteiger partial charge in [-0.2, -0.15) is 0 Å². The number of allylic oxidation sites excluding steroid dienone is 5. The van der Waals surface area contributed by atoms with Gasteiger partial charge in [0, 0.05) is 12.2 Å². The summed E-state index contributed by atoms with van der Waals surface area (Å²) in [7, 11) is 0. The number of benzene rings is 1. The SMILES string of the molecule is C=C/C(=C\C=C(/C)C1NCc2c(/C=C\C)cccc2N1)CC.